The smallest absolute Gasteiger partial charge is 0.257 e. The van der Waals surface area contributed by atoms with Crippen LogP contribution in [0, 0.1) is 0 Å². The maximum atomic E-state index is 11.9. The number of rotatable bonds is 4. The molecular weight excluding hydrogens is 234 g/mol. The Morgan fingerprint density at radius 3 is 3.06 bits per heavy atom. The maximum absolute atomic E-state index is 11.9. The van der Waals surface area contributed by atoms with Crippen LogP contribution in [0.15, 0.2) is 29.1 Å². The fraction of sp³-hybridized carbons (Fsp3) is 0.333. The molecule has 0 spiro atoms. The second kappa shape index (κ2) is 5.14. The molecule has 2 heterocycles. The quantitative estimate of drug-likeness (QED) is 0.904. The van der Waals surface area contributed by atoms with Crippen LogP contribution < -0.4 is 5.32 Å². The fourth-order valence-corrected chi connectivity index (χ4v) is 2.16. The van der Waals surface area contributed by atoms with Crippen LogP contribution in [0.4, 0.5) is 5.82 Å². The van der Waals surface area contributed by atoms with Gasteiger partial charge in [0.25, 0.3) is 5.91 Å². The van der Waals surface area contributed by atoms with Crippen LogP contribution in [-0.2, 0) is 0 Å². The molecular formula is C12H15N3OS. The Morgan fingerprint density at radius 2 is 2.41 bits per heavy atom. The molecule has 1 N–H and O–H groups in total. The van der Waals surface area contributed by atoms with Gasteiger partial charge >= 0.3 is 0 Å². The van der Waals surface area contributed by atoms with E-state index in [9.17, 15) is 4.79 Å². The van der Waals surface area contributed by atoms with Gasteiger partial charge in [-0.25, -0.2) is 4.68 Å². The van der Waals surface area contributed by atoms with Crippen molar-refractivity contribution in [3.63, 3.8) is 0 Å². The van der Waals surface area contributed by atoms with Crippen molar-refractivity contribution in [1.29, 1.82) is 0 Å². The normalized spacial score (nSPS) is 12.4. The number of carbonyl (C=O) groups excluding carboxylic acids is 1. The van der Waals surface area contributed by atoms with Crippen LogP contribution in [-0.4, -0.2) is 15.7 Å². The minimum atomic E-state index is -0.0868. The molecule has 0 aliphatic carbocycles. The first-order valence-electron chi connectivity index (χ1n) is 5.59. The summed E-state index contributed by atoms with van der Waals surface area (Å²) in [5.41, 5.74) is 0.687. The van der Waals surface area contributed by atoms with Crippen molar-refractivity contribution in [3.05, 3.63) is 34.7 Å². The highest BCUT2D eigenvalue weighted by molar-refractivity contribution is 7.08. The standard InChI is InChI=1S/C12H15N3OS/c1-3-9(2)15-11(4-6-13-15)14-12(16)10-5-7-17-8-10/h4-9H,3H2,1-2H3,(H,14,16). The summed E-state index contributed by atoms with van der Waals surface area (Å²) in [5, 5.41) is 10.8. The molecule has 0 saturated carbocycles. The predicted octanol–water partition coefficient (Wildman–Crippen LogP) is 3.17. The van der Waals surface area contributed by atoms with Crippen molar-refractivity contribution in [1.82, 2.24) is 9.78 Å². The lowest BCUT2D eigenvalue weighted by Gasteiger charge is -2.13. The number of anilines is 1. The Morgan fingerprint density at radius 1 is 1.59 bits per heavy atom. The van der Waals surface area contributed by atoms with Gasteiger partial charge in [0.15, 0.2) is 0 Å². The van der Waals surface area contributed by atoms with Crippen molar-refractivity contribution in [2.75, 3.05) is 5.32 Å². The van der Waals surface area contributed by atoms with Crippen molar-refractivity contribution in [2.24, 2.45) is 0 Å². The Kier molecular flexibility index (Phi) is 3.58. The molecule has 1 amide bonds. The molecule has 0 fully saturated rings. The molecule has 17 heavy (non-hydrogen) atoms. The number of hydrogen-bond acceptors (Lipinski definition) is 3. The number of hydrogen-bond donors (Lipinski definition) is 1. The highest BCUT2D eigenvalue weighted by atomic mass is 32.1. The number of amides is 1. The Labute approximate surface area is 104 Å². The predicted molar refractivity (Wildman–Crippen MR) is 69.5 cm³/mol. The van der Waals surface area contributed by atoms with Crippen LogP contribution in [0.25, 0.3) is 0 Å². The molecule has 2 aromatic heterocycles. The van der Waals surface area contributed by atoms with Crippen molar-refractivity contribution in [3.8, 4) is 0 Å². The average Bonchev–Trinajstić information content (AvgIpc) is 2.98. The van der Waals surface area contributed by atoms with E-state index in [1.807, 2.05) is 27.6 Å². The Balaban J connectivity index is 2.14. The van der Waals surface area contributed by atoms with Crippen LogP contribution in [0.3, 0.4) is 0 Å². The SMILES string of the molecule is CCC(C)n1nccc1NC(=O)c1ccsc1. The zero-order chi connectivity index (χ0) is 12.3. The van der Waals surface area contributed by atoms with E-state index in [1.165, 1.54) is 11.3 Å². The van der Waals surface area contributed by atoms with Crippen LogP contribution in [0.1, 0.15) is 36.7 Å². The molecule has 1 unspecified atom stereocenters. The highest BCUT2D eigenvalue weighted by Crippen LogP contribution is 2.17. The lowest BCUT2D eigenvalue weighted by Crippen LogP contribution is -2.16. The first-order chi connectivity index (χ1) is 8.22. The number of aromatic nitrogens is 2. The van der Waals surface area contributed by atoms with Gasteiger partial charge in [-0.3, -0.25) is 4.79 Å². The molecule has 0 aliphatic heterocycles. The Hall–Kier alpha value is -1.62. The number of thiophene rings is 1. The monoisotopic (exact) mass is 249 g/mol. The third-order valence-corrected chi connectivity index (χ3v) is 3.39. The largest absolute Gasteiger partial charge is 0.307 e. The van der Waals surface area contributed by atoms with E-state index >= 15 is 0 Å². The van der Waals surface area contributed by atoms with E-state index in [-0.39, 0.29) is 11.9 Å². The van der Waals surface area contributed by atoms with Gasteiger partial charge in [-0.2, -0.15) is 16.4 Å². The topological polar surface area (TPSA) is 46.9 Å². The van der Waals surface area contributed by atoms with E-state index in [4.69, 9.17) is 0 Å². The number of nitrogens with one attached hydrogen (secondary N) is 1. The van der Waals surface area contributed by atoms with Crippen molar-refractivity contribution in [2.45, 2.75) is 26.3 Å². The minimum absolute atomic E-state index is 0.0868. The summed E-state index contributed by atoms with van der Waals surface area (Å²) in [6.45, 7) is 4.17. The van der Waals surface area contributed by atoms with Gasteiger partial charge in [0.2, 0.25) is 0 Å². The first kappa shape index (κ1) is 11.9. The first-order valence-corrected chi connectivity index (χ1v) is 6.53. The summed E-state index contributed by atoms with van der Waals surface area (Å²) in [7, 11) is 0. The summed E-state index contributed by atoms with van der Waals surface area (Å²) in [6, 6.07) is 3.91. The zero-order valence-electron chi connectivity index (χ0n) is 9.88. The molecule has 2 aromatic rings. The van der Waals surface area contributed by atoms with E-state index in [1.54, 1.807) is 6.20 Å². The van der Waals surface area contributed by atoms with Crippen molar-refractivity contribution >= 4 is 23.1 Å². The second-order valence-corrected chi connectivity index (χ2v) is 4.66. The van der Waals surface area contributed by atoms with Gasteiger partial charge in [-0.15, -0.1) is 0 Å². The van der Waals surface area contributed by atoms with Gasteiger partial charge in [0.1, 0.15) is 5.82 Å². The van der Waals surface area contributed by atoms with E-state index < -0.39 is 0 Å². The lowest BCUT2D eigenvalue weighted by atomic mass is 10.2. The summed E-state index contributed by atoms with van der Waals surface area (Å²) < 4.78 is 1.84. The minimum Gasteiger partial charge on any atom is -0.307 e. The molecule has 1 atom stereocenters. The lowest BCUT2D eigenvalue weighted by molar-refractivity contribution is 0.102. The molecule has 0 aromatic carbocycles. The summed E-state index contributed by atoms with van der Waals surface area (Å²) in [6.07, 6.45) is 2.68. The van der Waals surface area contributed by atoms with Gasteiger partial charge in [0, 0.05) is 11.4 Å². The van der Waals surface area contributed by atoms with E-state index in [0.717, 1.165) is 12.2 Å². The van der Waals surface area contributed by atoms with Gasteiger partial charge in [0.05, 0.1) is 17.8 Å². The van der Waals surface area contributed by atoms with Gasteiger partial charge < -0.3 is 5.32 Å². The maximum Gasteiger partial charge on any atom is 0.257 e. The Bertz CT molecular complexity index is 490. The van der Waals surface area contributed by atoms with Crippen molar-refractivity contribution < 1.29 is 4.79 Å². The molecule has 2 rings (SSSR count). The van der Waals surface area contributed by atoms with Crippen LogP contribution >= 0.6 is 11.3 Å². The third kappa shape index (κ3) is 2.55. The van der Waals surface area contributed by atoms with E-state index in [2.05, 4.69) is 24.3 Å². The number of carbonyl (C=O) groups is 1. The number of nitrogens with zero attached hydrogens (tertiary/aromatic N) is 2. The zero-order valence-corrected chi connectivity index (χ0v) is 10.7. The van der Waals surface area contributed by atoms with Gasteiger partial charge in [-0.1, -0.05) is 6.92 Å². The fourth-order valence-electron chi connectivity index (χ4n) is 1.52. The molecule has 0 aliphatic rings. The highest BCUT2D eigenvalue weighted by Gasteiger charge is 2.12. The second-order valence-electron chi connectivity index (χ2n) is 3.88. The molecule has 0 radical (unpaired) electrons. The molecule has 90 valence electrons. The molecule has 4 nitrogen and oxygen atoms in total. The third-order valence-electron chi connectivity index (χ3n) is 2.70. The van der Waals surface area contributed by atoms with Crippen LogP contribution in [0.5, 0.6) is 0 Å². The van der Waals surface area contributed by atoms with Gasteiger partial charge in [-0.05, 0) is 24.8 Å². The van der Waals surface area contributed by atoms with Crippen LogP contribution in [0.2, 0.25) is 0 Å². The average molecular weight is 249 g/mol. The summed E-state index contributed by atoms with van der Waals surface area (Å²) >= 11 is 1.51. The van der Waals surface area contributed by atoms with E-state index in [0.29, 0.717) is 5.56 Å². The molecule has 5 heteroatoms. The summed E-state index contributed by atoms with van der Waals surface area (Å²) in [4.78, 5) is 11.9. The molecule has 0 saturated heterocycles. The molecule has 0 bridgehead atoms. The summed E-state index contributed by atoms with van der Waals surface area (Å²) in [5.74, 6) is 0.659.